The molecule has 1 atom stereocenters. The monoisotopic (exact) mass is 404 g/mol. The van der Waals surface area contributed by atoms with Crippen molar-refractivity contribution in [1.82, 2.24) is 9.55 Å². The van der Waals surface area contributed by atoms with Crippen LogP contribution >= 0.6 is 27.5 Å². The number of aryl methyl sites for hydroxylation is 1. The van der Waals surface area contributed by atoms with Crippen molar-refractivity contribution in [2.45, 2.75) is 25.7 Å². The van der Waals surface area contributed by atoms with E-state index in [2.05, 4.69) is 37.6 Å². The fourth-order valence-corrected chi connectivity index (χ4v) is 2.88. The van der Waals surface area contributed by atoms with Gasteiger partial charge in [-0.3, -0.25) is 0 Å². The third-order valence-electron chi connectivity index (χ3n) is 3.81. The van der Waals surface area contributed by atoms with E-state index in [0.29, 0.717) is 6.61 Å². The van der Waals surface area contributed by atoms with E-state index >= 15 is 0 Å². The molecule has 0 aliphatic heterocycles. The molecule has 0 radical (unpaired) electrons. The van der Waals surface area contributed by atoms with Gasteiger partial charge in [-0.25, -0.2) is 4.98 Å². The van der Waals surface area contributed by atoms with Gasteiger partial charge in [-0.05, 0) is 41.8 Å². The van der Waals surface area contributed by atoms with Gasteiger partial charge in [0.2, 0.25) is 0 Å². The SMILES string of the molecule is Clc1ccc(C(CCn2ccnc2)OCc2ccc(Br)cc2)cc1. The van der Waals surface area contributed by atoms with Crippen molar-refractivity contribution in [2.24, 2.45) is 0 Å². The number of ether oxygens (including phenoxy) is 1. The highest BCUT2D eigenvalue weighted by Gasteiger charge is 2.13. The minimum absolute atomic E-state index is 0.00770. The van der Waals surface area contributed by atoms with Crippen LogP contribution in [0.2, 0.25) is 5.02 Å². The van der Waals surface area contributed by atoms with Crippen molar-refractivity contribution in [3.63, 3.8) is 0 Å². The highest BCUT2D eigenvalue weighted by atomic mass is 79.9. The molecule has 1 heterocycles. The number of hydrogen-bond donors (Lipinski definition) is 0. The molecule has 0 fully saturated rings. The standard InChI is InChI=1S/C19H18BrClN2O/c20-17-5-1-15(2-6-17)13-24-19(9-11-23-12-10-22-14-23)16-3-7-18(21)8-4-16/h1-8,10,12,14,19H,9,11,13H2. The van der Waals surface area contributed by atoms with Crippen LogP contribution in [0.15, 0.2) is 71.7 Å². The normalized spacial score (nSPS) is 12.2. The fraction of sp³-hybridized carbons (Fsp3) is 0.211. The maximum Gasteiger partial charge on any atom is 0.0945 e. The van der Waals surface area contributed by atoms with Crippen molar-refractivity contribution in [3.8, 4) is 0 Å². The van der Waals surface area contributed by atoms with E-state index in [-0.39, 0.29) is 6.10 Å². The molecule has 3 nitrogen and oxygen atoms in total. The lowest BCUT2D eigenvalue weighted by molar-refractivity contribution is 0.0310. The molecule has 5 heteroatoms. The van der Waals surface area contributed by atoms with Crippen LogP contribution in [0.1, 0.15) is 23.7 Å². The van der Waals surface area contributed by atoms with E-state index in [1.807, 2.05) is 48.9 Å². The fourth-order valence-electron chi connectivity index (χ4n) is 2.49. The molecule has 0 N–H and O–H groups in total. The van der Waals surface area contributed by atoms with E-state index in [9.17, 15) is 0 Å². The molecule has 0 aliphatic carbocycles. The molecule has 0 saturated heterocycles. The summed E-state index contributed by atoms with van der Waals surface area (Å²) in [5.41, 5.74) is 2.29. The van der Waals surface area contributed by atoms with Crippen LogP contribution in [0.4, 0.5) is 0 Å². The van der Waals surface area contributed by atoms with Crippen LogP contribution in [0, 0.1) is 0 Å². The minimum atomic E-state index is 0.00770. The number of rotatable bonds is 7. The molecule has 3 rings (SSSR count). The molecule has 2 aromatic carbocycles. The summed E-state index contributed by atoms with van der Waals surface area (Å²) >= 11 is 9.46. The molecule has 1 unspecified atom stereocenters. The highest BCUT2D eigenvalue weighted by molar-refractivity contribution is 9.10. The Bertz CT molecular complexity index is 742. The van der Waals surface area contributed by atoms with E-state index in [1.54, 1.807) is 6.20 Å². The molecule has 0 amide bonds. The van der Waals surface area contributed by atoms with Crippen LogP contribution in [-0.4, -0.2) is 9.55 Å². The molecule has 124 valence electrons. The molecule has 0 spiro atoms. The van der Waals surface area contributed by atoms with Gasteiger partial charge in [0.1, 0.15) is 0 Å². The first-order valence-electron chi connectivity index (χ1n) is 7.78. The summed E-state index contributed by atoms with van der Waals surface area (Å²) < 4.78 is 9.33. The predicted molar refractivity (Wildman–Crippen MR) is 100.0 cm³/mol. The van der Waals surface area contributed by atoms with E-state index in [0.717, 1.165) is 33.6 Å². The first kappa shape index (κ1) is 17.2. The Balaban J connectivity index is 1.68. The van der Waals surface area contributed by atoms with Crippen molar-refractivity contribution in [2.75, 3.05) is 0 Å². The number of halogens is 2. The molecule has 0 bridgehead atoms. The van der Waals surface area contributed by atoms with Crippen LogP contribution in [0.5, 0.6) is 0 Å². The highest BCUT2D eigenvalue weighted by Crippen LogP contribution is 2.25. The molecule has 3 aromatic rings. The summed E-state index contributed by atoms with van der Waals surface area (Å²) in [5, 5.41) is 0.736. The number of benzene rings is 2. The van der Waals surface area contributed by atoms with E-state index in [1.165, 1.54) is 0 Å². The summed E-state index contributed by atoms with van der Waals surface area (Å²) in [6, 6.07) is 16.1. The summed E-state index contributed by atoms with van der Waals surface area (Å²) in [6.07, 6.45) is 6.46. The topological polar surface area (TPSA) is 27.1 Å². The maximum atomic E-state index is 6.20. The van der Waals surface area contributed by atoms with Crippen molar-refractivity contribution in [3.05, 3.63) is 87.9 Å². The first-order chi connectivity index (χ1) is 11.7. The zero-order valence-electron chi connectivity index (χ0n) is 13.1. The predicted octanol–water partition coefficient (Wildman–Crippen LogP) is 5.65. The van der Waals surface area contributed by atoms with Crippen molar-refractivity contribution < 1.29 is 4.74 Å². The Morgan fingerprint density at radius 1 is 1.08 bits per heavy atom. The zero-order chi connectivity index (χ0) is 16.8. The van der Waals surface area contributed by atoms with Gasteiger partial charge in [0.15, 0.2) is 0 Å². The Labute approximate surface area is 155 Å². The third kappa shape index (κ3) is 4.94. The second-order valence-corrected chi connectivity index (χ2v) is 6.92. The van der Waals surface area contributed by atoms with Gasteiger partial charge in [-0.15, -0.1) is 0 Å². The minimum Gasteiger partial charge on any atom is -0.369 e. The second kappa shape index (κ2) is 8.47. The van der Waals surface area contributed by atoms with Crippen LogP contribution in [0.3, 0.4) is 0 Å². The Morgan fingerprint density at radius 2 is 1.83 bits per heavy atom. The largest absolute Gasteiger partial charge is 0.369 e. The number of nitrogens with zero attached hydrogens (tertiary/aromatic N) is 2. The van der Waals surface area contributed by atoms with Gasteiger partial charge < -0.3 is 9.30 Å². The average Bonchev–Trinajstić information content (AvgIpc) is 3.11. The quantitative estimate of drug-likeness (QED) is 0.508. The molecule has 1 aromatic heterocycles. The van der Waals surface area contributed by atoms with E-state index in [4.69, 9.17) is 16.3 Å². The number of imidazole rings is 1. The second-order valence-electron chi connectivity index (χ2n) is 5.57. The number of hydrogen-bond acceptors (Lipinski definition) is 2. The lowest BCUT2D eigenvalue weighted by atomic mass is 10.1. The summed E-state index contributed by atoms with van der Waals surface area (Å²) in [4.78, 5) is 4.09. The smallest absolute Gasteiger partial charge is 0.0945 e. The Morgan fingerprint density at radius 3 is 2.50 bits per heavy atom. The van der Waals surface area contributed by atoms with E-state index < -0.39 is 0 Å². The summed E-state index contributed by atoms with van der Waals surface area (Å²) in [5.74, 6) is 0. The van der Waals surface area contributed by atoms with Gasteiger partial charge in [0, 0.05) is 28.4 Å². The summed E-state index contributed by atoms with van der Waals surface area (Å²) in [7, 11) is 0. The Hall–Kier alpha value is -1.62. The maximum absolute atomic E-state index is 6.20. The van der Waals surface area contributed by atoms with Gasteiger partial charge >= 0.3 is 0 Å². The molecular weight excluding hydrogens is 388 g/mol. The average molecular weight is 406 g/mol. The van der Waals surface area contributed by atoms with Gasteiger partial charge in [0.05, 0.1) is 19.0 Å². The lowest BCUT2D eigenvalue weighted by Gasteiger charge is -2.19. The summed E-state index contributed by atoms with van der Waals surface area (Å²) in [6.45, 7) is 1.43. The van der Waals surface area contributed by atoms with Crippen molar-refractivity contribution >= 4 is 27.5 Å². The van der Waals surface area contributed by atoms with Crippen LogP contribution in [0.25, 0.3) is 0 Å². The Kier molecular flexibility index (Phi) is 6.07. The van der Waals surface area contributed by atoms with Crippen LogP contribution < -0.4 is 0 Å². The number of aromatic nitrogens is 2. The van der Waals surface area contributed by atoms with Gasteiger partial charge in [-0.1, -0.05) is 51.8 Å². The van der Waals surface area contributed by atoms with Gasteiger partial charge in [0.25, 0.3) is 0 Å². The van der Waals surface area contributed by atoms with Crippen LogP contribution in [-0.2, 0) is 17.9 Å². The first-order valence-corrected chi connectivity index (χ1v) is 8.95. The van der Waals surface area contributed by atoms with Gasteiger partial charge in [-0.2, -0.15) is 0 Å². The van der Waals surface area contributed by atoms with Crippen molar-refractivity contribution in [1.29, 1.82) is 0 Å². The molecule has 0 aliphatic rings. The lowest BCUT2D eigenvalue weighted by Crippen LogP contribution is -2.08. The third-order valence-corrected chi connectivity index (χ3v) is 4.60. The molecule has 24 heavy (non-hydrogen) atoms. The molecular formula is C19H18BrClN2O. The zero-order valence-corrected chi connectivity index (χ0v) is 15.5. The molecule has 0 saturated carbocycles.